The van der Waals surface area contributed by atoms with Crippen molar-refractivity contribution in [2.75, 3.05) is 0 Å². The maximum absolute atomic E-state index is 5.81. The molecule has 0 fully saturated rings. The van der Waals surface area contributed by atoms with Gasteiger partial charge in [0, 0.05) is 22.3 Å². The molecule has 0 spiro atoms. The van der Waals surface area contributed by atoms with E-state index in [9.17, 15) is 0 Å². The summed E-state index contributed by atoms with van der Waals surface area (Å²) < 4.78 is 6.69. The van der Waals surface area contributed by atoms with Crippen LogP contribution < -0.4 is 4.74 Å². The third-order valence-electron chi connectivity index (χ3n) is 2.04. The number of nitrogens with zero attached hydrogens (tertiary/aromatic N) is 1. The lowest BCUT2D eigenvalue weighted by Crippen LogP contribution is -1.89. The SMILES string of the molecule is Cc1cnc(Cl)cc1Oc1cccc(Br)c1. The maximum atomic E-state index is 5.81. The number of aryl methyl sites for hydroxylation is 1. The fourth-order valence-corrected chi connectivity index (χ4v) is 1.77. The average molecular weight is 299 g/mol. The molecule has 0 aliphatic heterocycles. The predicted molar refractivity (Wildman–Crippen MR) is 68.2 cm³/mol. The minimum Gasteiger partial charge on any atom is -0.457 e. The van der Waals surface area contributed by atoms with E-state index in [1.165, 1.54) is 0 Å². The average Bonchev–Trinajstić information content (AvgIpc) is 2.24. The molecule has 0 amide bonds. The van der Waals surface area contributed by atoms with Gasteiger partial charge < -0.3 is 4.74 Å². The van der Waals surface area contributed by atoms with E-state index in [0.717, 1.165) is 21.5 Å². The Kier molecular flexibility index (Phi) is 3.46. The Morgan fingerprint density at radius 2 is 2.12 bits per heavy atom. The number of hydrogen-bond acceptors (Lipinski definition) is 2. The molecule has 2 aromatic rings. The smallest absolute Gasteiger partial charge is 0.134 e. The van der Waals surface area contributed by atoms with Crippen LogP contribution in [0.5, 0.6) is 11.5 Å². The first-order valence-corrected chi connectivity index (χ1v) is 5.88. The molecule has 1 aromatic heterocycles. The zero-order valence-electron chi connectivity index (χ0n) is 8.58. The van der Waals surface area contributed by atoms with Crippen LogP contribution in [0.1, 0.15) is 5.56 Å². The highest BCUT2D eigenvalue weighted by Gasteiger charge is 2.03. The quantitative estimate of drug-likeness (QED) is 0.756. The Morgan fingerprint density at radius 3 is 2.88 bits per heavy atom. The van der Waals surface area contributed by atoms with Crippen LogP contribution in [0.25, 0.3) is 0 Å². The van der Waals surface area contributed by atoms with Gasteiger partial charge in [0.1, 0.15) is 16.7 Å². The Balaban J connectivity index is 2.30. The molecule has 2 nitrogen and oxygen atoms in total. The van der Waals surface area contributed by atoms with Crippen LogP contribution in [-0.2, 0) is 0 Å². The van der Waals surface area contributed by atoms with Crippen LogP contribution in [0.15, 0.2) is 41.0 Å². The highest BCUT2D eigenvalue weighted by Crippen LogP contribution is 2.28. The molecule has 82 valence electrons. The molecule has 1 aromatic carbocycles. The minimum absolute atomic E-state index is 0.426. The first-order chi connectivity index (χ1) is 7.65. The van der Waals surface area contributed by atoms with Gasteiger partial charge in [0.25, 0.3) is 0 Å². The van der Waals surface area contributed by atoms with Crippen molar-refractivity contribution < 1.29 is 4.74 Å². The molecule has 0 atom stereocenters. The summed E-state index contributed by atoms with van der Waals surface area (Å²) in [6.45, 7) is 1.93. The van der Waals surface area contributed by atoms with E-state index in [4.69, 9.17) is 16.3 Å². The maximum Gasteiger partial charge on any atom is 0.134 e. The number of hydrogen-bond donors (Lipinski definition) is 0. The molecule has 0 bridgehead atoms. The van der Waals surface area contributed by atoms with E-state index >= 15 is 0 Å². The number of benzene rings is 1. The van der Waals surface area contributed by atoms with Crippen molar-refractivity contribution >= 4 is 27.5 Å². The molecule has 0 aliphatic rings. The number of rotatable bonds is 2. The number of ether oxygens (including phenoxy) is 1. The lowest BCUT2D eigenvalue weighted by atomic mass is 10.3. The van der Waals surface area contributed by atoms with Gasteiger partial charge in [0.05, 0.1) is 0 Å². The highest BCUT2D eigenvalue weighted by atomic mass is 79.9. The van der Waals surface area contributed by atoms with Crippen molar-refractivity contribution in [3.05, 3.63) is 51.7 Å². The molecule has 4 heteroatoms. The Hall–Kier alpha value is -1.06. The third kappa shape index (κ3) is 2.74. The number of aromatic nitrogens is 1. The Bertz CT molecular complexity index is 516. The molecule has 0 saturated heterocycles. The Morgan fingerprint density at radius 1 is 1.31 bits per heavy atom. The summed E-state index contributed by atoms with van der Waals surface area (Å²) >= 11 is 9.20. The van der Waals surface area contributed by atoms with Gasteiger partial charge in [-0.2, -0.15) is 0 Å². The van der Waals surface area contributed by atoms with Gasteiger partial charge in [0.15, 0.2) is 0 Å². The fourth-order valence-electron chi connectivity index (χ4n) is 1.25. The van der Waals surface area contributed by atoms with Gasteiger partial charge in [-0.3, -0.25) is 0 Å². The summed E-state index contributed by atoms with van der Waals surface area (Å²) in [5, 5.41) is 0.426. The zero-order valence-corrected chi connectivity index (χ0v) is 10.9. The van der Waals surface area contributed by atoms with Crippen molar-refractivity contribution in [1.82, 2.24) is 4.98 Å². The second-order valence-electron chi connectivity index (χ2n) is 3.33. The topological polar surface area (TPSA) is 22.1 Å². The van der Waals surface area contributed by atoms with Crippen molar-refractivity contribution in [1.29, 1.82) is 0 Å². The standard InChI is InChI=1S/C12H9BrClNO/c1-8-7-15-12(14)6-11(8)16-10-4-2-3-9(13)5-10/h2-7H,1H3. The highest BCUT2D eigenvalue weighted by molar-refractivity contribution is 9.10. The van der Waals surface area contributed by atoms with E-state index in [1.54, 1.807) is 12.3 Å². The zero-order chi connectivity index (χ0) is 11.5. The summed E-state index contributed by atoms with van der Waals surface area (Å²) in [7, 11) is 0. The number of pyridine rings is 1. The normalized spacial score (nSPS) is 10.2. The molecule has 0 aliphatic carbocycles. The summed E-state index contributed by atoms with van der Waals surface area (Å²) in [5.41, 5.74) is 0.948. The molecule has 16 heavy (non-hydrogen) atoms. The Labute approximate surface area is 107 Å². The molecule has 0 N–H and O–H groups in total. The van der Waals surface area contributed by atoms with Crippen molar-refractivity contribution in [2.45, 2.75) is 6.92 Å². The van der Waals surface area contributed by atoms with E-state index in [1.807, 2.05) is 31.2 Å². The van der Waals surface area contributed by atoms with Gasteiger partial charge >= 0.3 is 0 Å². The van der Waals surface area contributed by atoms with Crippen molar-refractivity contribution in [2.24, 2.45) is 0 Å². The van der Waals surface area contributed by atoms with Crippen molar-refractivity contribution in [3.63, 3.8) is 0 Å². The molecule has 2 rings (SSSR count). The van der Waals surface area contributed by atoms with Crippen LogP contribution in [-0.4, -0.2) is 4.98 Å². The van der Waals surface area contributed by atoms with Crippen LogP contribution in [0.3, 0.4) is 0 Å². The van der Waals surface area contributed by atoms with Crippen LogP contribution in [0.2, 0.25) is 5.15 Å². The van der Waals surface area contributed by atoms with Gasteiger partial charge in [-0.25, -0.2) is 4.98 Å². The van der Waals surface area contributed by atoms with Gasteiger partial charge in [-0.1, -0.05) is 33.6 Å². The van der Waals surface area contributed by atoms with E-state index in [0.29, 0.717) is 5.15 Å². The second kappa shape index (κ2) is 4.85. The molecule has 0 radical (unpaired) electrons. The second-order valence-corrected chi connectivity index (χ2v) is 4.63. The monoisotopic (exact) mass is 297 g/mol. The summed E-state index contributed by atoms with van der Waals surface area (Å²) in [5.74, 6) is 1.48. The van der Waals surface area contributed by atoms with E-state index < -0.39 is 0 Å². The summed E-state index contributed by atoms with van der Waals surface area (Å²) in [6.07, 6.45) is 1.69. The van der Waals surface area contributed by atoms with Gasteiger partial charge in [0.2, 0.25) is 0 Å². The largest absolute Gasteiger partial charge is 0.457 e. The molecular weight excluding hydrogens is 289 g/mol. The van der Waals surface area contributed by atoms with Gasteiger partial charge in [-0.15, -0.1) is 0 Å². The minimum atomic E-state index is 0.426. The third-order valence-corrected chi connectivity index (χ3v) is 2.74. The van der Waals surface area contributed by atoms with Gasteiger partial charge in [-0.05, 0) is 25.1 Å². The van der Waals surface area contributed by atoms with E-state index in [2.05, 4.69) is 20.9 Å². The van der Waals surface area contributed by atoms with E-state index in [-0.39, 0.29) is 0 Å². The lowest BCUT2D eigenvalue weighted by Gasteiger charge is -2.08. The first-order valence-electron chi connectivity index (χ1n) is 4.71. The first kappa shape index (κ1) is 11.4. The van der Waals surface area contributed by atoms with Crippen LogP contribution in [0, 0.1) is 6.92 Å². The van der Waals surface area contributed by atoms with Crippen LogP contribution in [0.4, 0.5) is 0 Å². The van der Waals surface area contributed by atoms with Crippen LogP contribution >= 0.6 is 27.5 Å². The summed E-state index contributed by atoms with van der Waals surface area (Å²) in [6, 6.07) is 9.35. The molecular formula is C12H9BrClNO. The van der Waals surface area contributed by atoms with Crippen molar-refractivity contribution in [3.8, 4) is 11.5 Å². The lowest BCUT2D eigenvalue weighted by molar-refractivity contribution is 0.478. The molecule has 1 heterocycles. The summed E-state index contributed by atoms with van der Waals surface area (Å²) in [4.78, 5) is 3.97. The molecule has 0 saturated carbocycles. The number of halogens is 2. The fraction of sp³-hybridized carbons (Fsp3) is 0.0833. The predicted octanol–water partition coefficient (Wildman–Crippen LogP) is 4.60. The molecule has 0 unspecified atom stereocenters.